The molecule has 0 saturated carbocycles. The molecule has 0 bridgehead atoms. The van der Waals surface area contributed by atoms with Gasteiger partial charge < -0.3 is 29.6 Å². The van der Waals surface area contributed by atoms with Crippen molar-refractivity contribution in [2.45, 2.75) is 32.7 Å². The number of hydrogen-bond acceptors (Lipinski definition) is 7. The van der Waals surface area contributed by atoms with Gasteiger partial charge in [0.2, 0.25) is 5.91 Å². The molecule has 2 aromatic carbocycles. The molecule has 0 radical (unpaired) electrons. The van der Waals surface area contributed by atoms with Gasteiger partial charge in [0.05, 0.1) is 32.1 Å². The lowest BCUT2D eigenvalue weighted by Crippen LogP contribution is -2.42. The maximum Gasteiger partial charge on any atom is 0.325 e. The zero-order valence-corrected chi connectivity index (χ0v) is 20.0. The first-order valence-corrected chi connectivity index (χ1v) is 11.6. The van der Waals surface area contributed by atoms with Crippen LogP contribution in [0.2, 0.25) is 0 Å². The Morgan fingerprint density at radius 1 is 1.06 bits per heavy atom. The van der Waals surface area contributed by atoms with E-state index in [2.05, 4.69) is 10.6 Å². The molecular weight excluding hydrogens is 454 g/mol. The first kappa shape index (κ1) is 24.2. The zero-order valence-electron chi connectivity index (χ0n) is 20.0. The van der Waals surface area contributed by atoms with E-state index in [1.54, 1.807) is 43.3 Å². The number of ether oxygens (including phenoxy) is 4. The second kappa shape index (κ2) is 10.1. The highest BCUT2D eigenvalue weighted by Gasteiger charge is 2.49. The minimum atomic E-state index is -1.35. The number of nitrogens with zero attached hydrogens (tertiary/aromatic N) is 1. The van der Waals surface area contributed by atoms with Crippen LogP contribution in [0.15, 0.2) is 36.4 Å². The van der Waals surface area contributed by atoms with Gasteiger partial charge in [0.1, 0.15) is 23.6 Å². The van der Waals surface area contributed by atoms with Crippen LogP contribution in [-0.4, -0.2) is 55.7 Å². The van der Waals surface area contributed by atoms with Crippen molar-refractivity contribution in [1.29, 1.82) is 0 Å². The summed E-state index contributed by atoms with van der Waals surface area (Å²) in [5.74, 6) is 1.02. The van der Waals surface area contributed by atoms with Gasteiger partial charge in [-0.25, -0.2) is 4.79 Å². The van der Waals surface area contributed by atoms with E-state index < -0.39 is 29.9 Å². The summed E-state index contributed by atoms with van der Waals surface area (Å²) in [4.78, 5) is 39.8. The van der Waals surface area contributed by atoms with Crippen molar-refractivity contribution in [2.75, 3.05) is 38.3 Å². The largest absolute Gasteiger partial charge is 0.494 e. The summed E-state index contributed by atoms with van der Waals surface area (Å²) in [6.45, 7) is 6.72. The lowest BCUT2D eigenvalue weighted by atomic mass is 9.91. The summed E-state index contributed by atoms with van der Waals surface area (Å²) in [6.07, 6.45) is 0.748. The van der Waals surface area contributed by atoms with Crippen LogP contribution in [-0.2, 0) is 15.1 Å². The van der Waals surface area contributed by atoms with E-state index in [4.69, 9.17) is 18.9 Å². The predicted molar refractivity (Wildman–Crippen MR) is 127 cm³/mol. The molecule has 10 nitrogen and oxygen atoms in total. The third kappa shape index (κ3) is 4.96. The molecule has 0 aromatic heterocycles. The molecule has 186 valence electrons. The van der Waals surface area contributed by atoms with Gasteiger partial charge >= 0.3 is 6.03 Å². The highest BCUT2D eigenvalue weighted by molar-refractivity contribution is 6.10. The fraction of sp³-hybridized carbons (Fsp3) is 0.400. The standard InChI is InChI=1S/C25H29N3O7/c1-4-32-17-8-10-19(33-5-2)18(14-17)26-22(29)15-28-23(30)25(3,27-24(28)31)16-7-9-20-21(13-16)35-12-6-11-34-20/h7-10,13-14H,4-6,11-12,15H2,1-3H3,(H,26,29)(H,27,31). The molecule has 1 atom stereocenters. The molecule has 2 aliphatic heterocycles. The molecule has 2 heterocycles. The van der Waals surface area contributed by atoms with Crippen LogP contribution in [0.1, 0.15) is 32.8 Å². The minimum Gasteiger partial charge on any atom is -0.494 e. The van der Waals surface area contributed by atoms with Gasteiger partial charge in [0.25, 0.3) is 5.91 Å². The zero-order chi connectivity index (χ0) is 25.0. The molecule has 0 aliphatic carbocycles. The molecule has 2 aliphatic rings. The highest BCUT2D eigenvalue weighted by atomic mass is 16.5. The molecule has 10 heteroatoms. The Labute approximate surface area is 203 Å². The number of urea groups is 1. The Balaban J connectivity index is 1.51. The third-order valence-corrected chi connectivity index (χ3v) is 5.74. The molecule has 2 N–H and O–H groups in total. The van der Waals surface area contributed by atoms with Crippen LogP contribution in [0.3, 0.4) is 0 Å². The fourth-order valence-electron chi connectivity index (χ4n) is 3.99. The van der Waals surface area contributed by atoms with Crippen molar-refractivity contribution in [2.24, 2.45) is 0 Å². The second-order valence-electron chi connectivity index (χ2n) is 8.23. The number of amides is 4. The molecule has 4 rings (SSSR count). The number of benzene rings is 2. The summed E-state index contributed by atoms with van der Waals surface area (Å²) < 4.78 is 22.4. The van der Waals surface area contributed by atoms with Crippen molar-refractivity contribution in [1.82, 2.24) is 10.2 Å². The van der Waals surface area contributed by atoms with Crippen LogP contribution in [0.4, 0.5) is 10.5 Å². The van der Waals surface area contributed by atoms with Gasteiger partial charge in [-0.05, 0) is 50.6 Å². The number of carbonyl (C=O) groups is 3. The Hall–Kier alpha value is -3.95. The maximum atomic E-state index is 13.3. The molecule has 0 spiro atoms. The van der Waals surface area contributed by atoms with Crippen LogP contribution in [0.25, 0.3) is 0 Å². The number of fused-ring (bicyclic) bond motifs is 1. The monoisotopic (exact) mass is 483 g/mol. The van der Waals surface area contributed by atoms with E-state index in [1.807, 2.05) is 13.8 Å². The summed E-state index contributed by atoms with van der Waals surface area (Å²) in [6, 6.07) is 9.53. The molecule has 1 unspecified atom stereocenters. The average molecular weight is 484 g/mol. The highest BCUT2D eigenvalue weighted by Crippen LogP contribution is 2.37. The van der Waals surface area contributed by atoms with Crippen molar-refractivity contribution in [3.05, 3.63) is 42.0 Å². The Bertz CT molecular complexity index is 1140. The SMILES string of the molecule is CCOc1ccc(OCC)c(NC(=O)CN2C(=O)NC(C)(c3ccc4c(c3)OCCCO4)C2=O)c1. The van der Waals surface area contributed by atoms with E-state index in [0.717, 1.165) is 11.3 Å². The molecule has 35 heavy (non-hydrogen) atoms. The van der Waals surface area contributed by atoms with Gasteiger partial charge in [-0.1, -0.05) is 6.07 Å². The Morgan fingerprint density at radius 2 is 1.80 bits per heavy atom. The van der Waals surface area contributed by atoms with Gasteiger partial charge in [-0.3, -0.25) is 14.5 Å². The van der Waals surface area contributed by atoms with E-state index in [0.29, 0.717) is 60.7 Å². The topological polar surface area (TPSA) is 115 Å². The molecule has 1 fully saturated rings. The summed E-state index contributed by atoms with van der Waals surface area (Å²) >= 11 is 0. The van der Waals surface area contributed by atoms with Crippen LogP contribution in [0, 0.1) is 0 Å². The lowest BCUT2D eigenvalue weighted by Gasteiger charge is -2.23. The first-order chi connectivity index (χ1) is 16.9. The Kier molecular flexibility index (Phi) is 6.99. The normalized spacial score (nSPS) is 19.1. The van der Waals surface area contributed by atoms with E-state index in [-0.39, 0.29) is 0 Å². The molecular formula is C25H29N3O7. The lowest BCUT2D eigenvalue weighted by molar-refractivity contribution is -0.133. The second-order valence-corrected chi connectivity index (χ2v) is 8.23. The van der Waals surface area contributed by atoms with Gasteiger partial charge in [0.15, 0.2) is 11.5 Å². The quantitative estimate of drug-likeness (QED) is 0.555. The van der Waals surface area contributed by atoms with Gasteiger partial charge in [-0.15, -0.1) is 0 Å². The van der Waals surface area contributed by atoms with Crippen LogP contribution in [0.5, 0.6) is 23.0 Å². The summed E-state index contributed by atoms with van der Waals surface area (Å²) in [5.41, 5.74) is -0.431. The molecule has 2 aromatic rings. The average Bonchev–Trinajstić information content (AvgIpc) is 2.99. The number of anilines is 1. The van der Waals surface area contributed by atoms with Crippen LogP contribution < -0.4 is 29.6 Å². The van der Waals surface area contributed by atoms with E-state index in [9.17, 15) is 14.4 Å². The number of rotatable bonds is 8. The number of carbonyl (C=O) groups excluding carboxylic acids is 3. The first-order valence-electron chi connectivity index (χ1n) is 11.6. The summed E-state index contributed by atoms with van der Waals surface area (Å²) in [5, 5.41) is 5.43. The summed E-state index contributed by atoms with van der Waals surface area (Å²) in [7, 11) is 0. The fourth-order valence-corrected chi connectivity index (χ4v) is 3.99. The Morgan fingerprint density at radius 3 is 2.54 bits per heavy atom. The van der Waals surface area contributed by atoms with Gasteiger partial charge in [-0.2, -0.15) is 0 Å². The number of nitrogens with one attached hydrogen (secondary N) is 2. The van der Waals surface area contributed by atoms with Crippen molar-refractivity contribution in [3.8, 4) is 23.0 Å². The van der Waals surface area contributed by atoms with Gasteiger partial charge in [0, 0.05) is 12.5 Å². The van der Waals surface area contributed by atoms with Crippen molar-refractivity contribution >= 4 is 23.5 Å². The number of hydrogen-bond donors (Lipinski definition) is 2. The van der Waals surface area contributed by atoms with E-state index in [1.165, 1.54) is 0 Å². The number of imide groups is 1. The molecule has 1 saturated heterocycles. The predicted octanol–water partition coefficient (Wildman–Crippen LogP) is 3.05. The third-order valence-electron chi connectivity index (χ3n) is 5.74. The molecule has 4 amide bonds. The van der Waals surface area contributed by atoms with Crippen molar-refractivity contribution < 1.29 is 33.3 Å². The smallest absolute Gasteiger partial charge is 0.325 e. The van der Waals surface area contributed by atoms with E-state index >= 15 is 0 Å². The van der Waals surface area contributed by atoms with Crippen LogP contribution >= 0.6 is 0 Å². The minimum absolute atomic E-state index is 0.389. The maximum absolute atomic E-state index is 13.3. The van der Waals surface area contributed by atoms with Crippen molar-refractivity contribution in [3.63, 3.8) is 0 Å².